The van der Waals surface area contributed by atoms with Gasteiger partial charge in [0.1, 0.15) is 12.4 Å². The molecule has 27 heavy (non-hydrogen) atoms. The van der Waals surface area contributed by atoms with E-state index in [4.69, 9.17) is 0 Å². The molecule has 0 bridgehead atoms. The van der Waals surface area contributed by atoms with Crippen LogP contribution in [0.5, 0.6) is 0 Å². The Morgan fingerprint density at radius 1 is 1.30 bits per heavy atom. The third-order valence-corrected chi connectivity index (χ3v) is 6.08. The van der Waals surface area contributed by atoms with Gasteiger partial charge in [0, 0.05) is 5.38 Å². The highest BCUT2D eigenvalue weighted by Crippen LogP contribution is 2.33. The van der Waals surface area contributed by atoms with E-state index in [0.29, 0.717) is 10.6 Å². The largest absolute Gasteiger partial charge is 0.300 e. The Kier molecular flexibility index (Phi) is 4.85. The van der Waals surface area contributed by atoms with Crippen LogP contribution in [0.1, 0.15) is 0 Å². The molecule has 1 N–H and O–H groups in total. The quantitative estimate of drug-likeness (QED) is 0.492. The van der Waals surface area contributed by atoms with Gasteiger partial charge in [-0.05, 0) is 46.3 Å². The summed E-state index contributed by atoms with van der Waals surface area (Å²) in [5.41, 5.74) is 0.675. The molecule has 0 fully saturated rings. The molecule has 0 aliphatic carbocycles. The Labute approximate surface area is 168 Å². The number of anilines is 1. The smallest absolute Gasteiger partial charge is 0.261 e. The molecule has 0 radical (unpaired) electrons. The number of fused-ring (bicyclic) bond motifs is 1. The number of thiazole rings is 1. The number of aromatic nitrogens is 3. The highest BCUT2D eigenvalue weighted by atomic mass is 79.9. The number of benzene rings is 1. The lowest BCUT2D eigenvalue weighted by atomic mass is 10.2. The highest BCUT2D eigenvalue weighted by molar-refractivity contribution is 9.11. The lowest BCUT2D eigenvalue weighted by Gasteiger charge is -2.06. The zero-order valence-corrected chi connectivity index (χ0v) is 16.7. The first kappa shape index (κ1) is 18.0. The fourth-order valence-electron chi connectivity index (χ4n) is 2.45. The van der Waals surface area contributed by atoms with Crippen molar-refractivity contribution in [2.75, 3.05) is 5.32 Å². The second-order valence-electron chi connectivity index (χ2n) is 5.53. The normalized spacial score (nSPS) is 11.0. The topological polar surface area (TPSA) is 76.9 Å². The van der Waals surface area contributed by atoms with Crippen LogP contribution < -0.4 is 10.9 Å². The average molecular weight is 465 g/mol. The van der Waals surface area contributed by atoms with Crippen molar-refractivity contribution < 1.29 is 9.18 Å². The van der Waals surface area contributed by atoms with Crippen molar-refractivity contribution in [1.82, 2.24) is 14.5 Å². The van der Waals surface area contributed by atoms with Crippen molar-refractivity contribution in [3.05, 3.63) is 62.0 Å². The molecule has 136 valence electrons. The van der Waals surface area contributed by atoms with Gasteiger partial charge in [-0.1, -0.05) is 0 Å². The molecule has 0 saturated heterocycles. The van der Waals surface area contributed by atoms with Crippen molar-refractivity contribution >= 4 is 60.5 Å². The number of carbonyl (C=O) groups excluding carboxylic acids is 1. The molecule has 10 heteroatoms. The summed E-state index contributed by atoms with van der Waals surface area (Å²) in [5, 5.41) is 5.09. The van der Waals surface area contributed by atoms with Crippen LogP contribution in [0.25, 0.3) is 21.5 Å². The number of rotatable bonds is 4. The molecular formula is C17H10BrFN4O2S2. The molecule has 0 aliphatic heterocycles. The zero-order chi connectivity index (χ0) is 19.0. The van der Waals surface area contributed by atoms with Crippen molar-refractivity contribution in [2.45, 2.75) is 6.54 Å². The molecule has 3 heterocycles. The van der Waals surface area contributed by atoms with E-state index in [0.717, 1.165) is 25.0 Å². The fraction of sp³-hybridized carbons (Fsp3) is 0.0588. The zero-order valence-electron chi connectivity index (χ0n) is 13.5. The van der Waals surface area contributed by atoms with E-state index >= 15 is 0 Å². The summed E-state index contributed by atoms with van der Waals surface area (Å²) in [6.45, 7) is -0.238. The Morgan fingerprint density at radius 3 is 2.93 bits per heavy atom. The van der Waals surface area contributed by atoms with Gasteiger partial charge in [0.15, 0.2) is 5.13 Å². The number of carbonyl (C=O) groups is 1. The maximum absolute atomic E-state index is 13.4. The van der Waals surface area contributed by atoms with Crippen LogP contribution in [-0.4, -0.2) is 20.4 Å². The summed E-state index contributed by atoms with van der Waals surface area (Å²) < 4.78 is 15.5. The summed E-state index contributed by atoms with van der Waals surface area (Å²) >= 11 is 6.25. The standard InChI is InChI=1S/C17H10BrFN4O2S2/c18-14-4-3-13(27-14)12-7-26-17(21-12)22-15(24)6-23-8-20-11-2-1-9(19)5-10(11)16(23)25/h1-5,7-8H,6H2,(H,21,22,24). The van der Waals surface area contributed by atoms with Gasteiger partial charge in [-0.15, -0.1) is 22.7 Å². The SMILES string of the molecule is O=C(Cn1cnc2ccc(F)cc2c1=O)Nc1nc(-c2ccc(Br)s2)cs1. The number of hydrogen-bond acceptors (Lipinski definition) is 6. The number of nitrogens with one attached hydrogen (secondary N) is 1. The van der Waals surface area contributed by atoms with Gasteiger partial charge in [-0.2, -0.15) is 0 Å². The third-order valence-electron chi connectivity index (χ3n) is 3.68. The van der Waals surface area contributed by atoms with Crippen LogP contribution in [0.15, 0.2) is 50.6 Å². The molecule has 4 aromatic rings. The minimum Gasteiger partial charge on any atom is -0.300 e. The molecule has 1 amide bonds. The second kappa shape index (κ2) is 7.29. The molecule has 0 aliphatic rings. The van der Waals surface area contributed by atoms with E-state index in [1.54, 1.807) is 11.3 Å². The van der Waals surface area contributed by atoms with E-state index in [1.165, 1.54) is 29.8 Å². The summed E-state index contributed by atoms with van der Waals surface area (Å²) in [7, 11) is 0. The Hall–Kier alpha value is -2.43. The summed E-state index contributed by atoms with van der Waals surface area (Å²) in [5.74, 6) is -0.943. The van der Waals surface area contributed by atoms with E-state index in [1.807, 2.05) is 17.5 Å². The highest BCUT2D eigenvalue weighted by Gasteiger charge is 2.12. The van der Waals surface area contributed by atoms with Crippen LogP contribution >= 0.6 is 38.6 Å². The predicted octanol–water partition coefficient (Wildman–Crippen LogP) is 4.12. The molecule has 4 rings (SSSR count). The van der Waals surface area contributed by atoms with Gasteiger partial charge >= 0.3 is 0 Å². The summed E-state index contributed by atoms with van der Waals surface area (Å²) in [6.07, 6.45) is 1.28. The Morgan fingerprint density at radius 2 is 2.15 bits per heavy atom. The second-order valence-corrected chi connectivity index (χ2v) is 8.85. The van der Waals surface area contributed by atoms with Crippen LogP contribution in [0, 0.1) is 5.82 Å². The summed E-state index contributed by atoms with van der Waals surface area (Å²) in [4.78, 5) is 34.2. The maximum atomic E-state index is 13.4. The molecule has 1 aromatic carbocycles. The third kappa shape index (κ3) is 3.82. The van der Waals surface area contributed by atoms with E-state index in [2.05, 4.69) is 31.2 Å². The average Bonchev–Trinajstić information content (AvgIpc) is 3.27. The first-order valence-corrected chi connectivity index (χ1v) is 10.1. The number of nitrogens with zero attached hydrogens (tertiary/aromatic N) is 3. The van der Waals surface area contributed by atoms with Gasteiger partial charge in [-0.25, -0.2) is 14.4 Å². The fourth-order valence-corrected chi connectivity index (χ4v) is 4.60. The minimum absolute atomic E-state index is 0.130. The number of halogens is 2. The van der Waals surface area contributed by atoms with E-state index in [9.17, 15) is 14.0 Å². The number of thiophene rings is 1. The van der Waals surface area contributed by atoms with Gasteiger partial charge in [0.25, 0.3) is 5.56 Å². The lowest BCUT2D eigenvalue weighted by Crippen LogP contribution is -2.27. The van der Waals surface area contributed by atoms with Crippen molar-refractivity contribution in [3.63, 3.8) is 0 Å². The van der Waals surface area contributed by atoms with Crippen LogP contribution in [0.3, 0.4) is 0 Å². The number of amides is 1. The van der Waals surface area contributed by atoms with Gasteiger partial charge in [-0.3, -0.25) is 14.2 Å². The minimum atomic E-state index is -0.529. The number of hydrogen-bond donors (Lipinski definition) is 1. The van der Waals surface area contributed by atoms with E-state index in [-0.39, 0.29) is 11.9 Å². The van der Waals surface area contributed by atoms with Crippen LogP contribution in [0.4, 0.5) is 9.52 Å². The van der Waals surface area contributed by atoms with Gasteiger partial charge < -0.3 is 5.32 Å². The van der Waals surface area contributed by atoms with Gasteiger partial charge in [0.2, 0.25) is 5.91 Å². The monoisotopic (exact) mass is 464 g/mol. The Bertz CT molecular complexity index is 1220. The maximum Gasteiger partial charge on any atom is 0.261 e. The Balaban J connectivity index is 1.51. The van der Waals surface area contributed by atoms with Crippen LogP contribution in [0.2, 0.25) is 0 Å². The molecule has 0 unspecified atom stereocenters. The molecular weight excluding hydrogens is 455 g/mol. The molecule has 0 atom stereocenters. The lowest BCUT2D eigenvalue weighted by molar-refractivity contribution is -0.116. The van der Waals surface area contributed by atoms with Crippen LogP contribution in [-0.2, 0) is 11.3 Å². The molecule has 0 spiro atoms. The van der Waals surface area contributed by atoms with Gasteiger partial charge in [0.05, 0.1) is 31.6 Å². The first-order chi connectivity index (χ1) is 13.0. The van der Waals surface area contributed by atoms with Crippen molar-refractivity contribution in [1.29, 1.82) is 0 Å². The first-order valence-electron chi connectivity index (χ1n) is 7.65. The summed E-state index contributed by atoms with van der Waals surface area (Å²) in [6, 6.07) is 7.65. The van der Waals surface area contributed by atoms with Crippen molar-refractivity contribution in [3.8, 4) is 10.6 Å². The molecule has 0 saturated carbocycles. The van der Waals surface area contributed by atoms with Crippen molar-refractivity contribution in [2.24, 2.45) is 0 Å². The molecule has 6 nitrogen and oxygen atoms in total. The molecule has 3 aromatic heterocycles. The predicted molar refractivity (Wildman–Crippen MR) is 108 cm³/mol. The van der Waals surface area contributed by atoms with E-state index < -0.39 is 17.3 Å².